The third-order valence-electron chi connectivity index (χ3n) is 6.76. The van der Waals surface area contributed by atoms with Crippen molar-refractivity contribution in [3.05, 3.63) is 84.8 Å². The lowest BCUT2D eigenvalue weighted by Gasteiger charge is -2.34. The third-order valence-corrected chi connectivity index (χ3v) is 6.76. The van der Waals surface area contributed by atoms with E-state index in [0.29, 0.717) is 11.9 Å². The number of allylic oxidation sites excluding steroid dienone is 3. The molecule has 6 nitrogen and oxygen atoms in total. The largest absolute Gasteiger partial charge is 0.474 e. The minimum atomic E-state index is 0.207. The van der Waals surface area contributed by atoms with Crippen LogP contribution in [0.1, 0.15) is 44.7 Å². The molecule has 1 aliphatic rings. The van der Waals surface area contributed by atoms with Gasteiger partial charge in [0.25, 0.3) is 0 Å². The molecule has 1 saturated heterocycles. The van der Waals surface area contributed by atoms with Crippen LogP contribution in [0.15, 0.2) is 73.7 Å². The average Bonchev–Trinajstić information content (AvgIpc) is 2.90. The van der Waals surface area contributed by atoms with Gasteiger partial charge >= 0.3 is 0 Å². The van der Waals surface area contributed by atoms with Crippen molar-refractivity contribution in [2.45, 2.75) is 45.8 Å². The molecule has 0 bridgehead atoms. The van der Waals surface area contributed by atoms with Gasteiger partial charge in [0.1, 0.15) is 11.9 Å². The molecular weight excluding hydrogens is 458 g/mol. The summed E-state index contributed by atoms with van der Waals surface area (Å²) in [4.78, 5) is 13.7. The first-order valence-electron chi connectivity index (χ1n) is 13.1. The van der Waals surface area contributed by atoms with Gasteiger partial charge in [-0.3, -0.25) is 0 Å². The molecule has 0 atom stereocenters. The Bertz CT molecular complexity index is 1290. The molecule has 1 aromatic carbocycles. The standard InChI is InChI=1S/C31H39N5O/c1-7-23(21-35(5)6)24-9-10-26-20-33-30(18-27(26)17-24)34-29(8-2)25-11-14-32-31(19-25)37-28-12-15-36(16-13-28)22(3)4/h7-11,14,17-22,28H,1,12-13,15-16H2,2-6H3,(H,33,34)/b23-21+,29-8+. The molecule has 0 unspecified atom stereocenters. The Balaban J connectivity index is 1.50. The maximum absolute atomic E-state index is 6.27. The average molecular weight is 498 g/mol. The van der Waals surface area contributed by atoms with Crippen molar-refractivity contribution in [1.82, 2.24) is 19.8 Å². The zero-order valence-corrected chi connectivity index (χ0v) is 22.7. The number of nitrogens with one attached hydrogen (secondary N) is 1. The predicted molar refractivity (Wildman–Crippen MR) is 155 cm³/mol. The predicted octanol–water partition coefficient (Wildman–Crippen LogP) is 6.44. The molecule has 194 valence electrons. The number of fused-ring (bicyclic) bond motifs is 1. The summed E-state index contributed by atoms with van der Waals surface area (Å²) in [5.74, 6) is 1.46. The number of hydrogen-bond donors (Lipinski definition) is 1. The monoisotopic (exact) mass is 497 g/mol. The van der Waals surface area contributed by atoms with Gasteiger partial charge in [-0.15, -0.1) is 0 Å². The summed E-state index contributed by atoms with van der Waals surface area (Å²) in [6.07, 6.45) is 12.0. The van der Waals surface area contributed by atoms with Crippen molar-refractivity contribution in [3.8, 4) is 5.88 Å². The van der Waals surface area contributed by atoms with Crippen LogP contribution in [0.3, 0.4) is 0 Å². The van der Waals surface area contributed by atoms with Crippen molar-refractivity contribution in [1.29, 1.82) is 0 Å². The van der Waals surface area contributed by atoms with E-state index in [1.165, 1.54) is 0 Å². The molecule has 6 heteroatoms. The molecule has 1 N–H and O–H groups in total. The number of ether oxygens (including phenoxy) is 1. The molecule has 3 heterocycles. The summed E-state index contributed by atoms with van der Waals surface area (Å²) in [5.41, 5.74) is 4.18. The third kappa shape index (κ3) is 6.77. The van der Waals surface area contributed by atoms with Crippen LogP contribution in [0.2, 0.25) is 0 Å². The fourth-order valence-electron chi connectivity index (χ4n) is 4.68. The van der Waals surface area contributed by atoms with Crippen molar-refractivity contribution < 1.29 is 4.74 Å². The molecule has 4 rings (SSSR count). The lowest BCUT2D eigenvalue weighted by atomic mass is 10.0. The van der Waals surface area contributed by atoms with Crippen molar-refractivity contribution in [2.24, 2.45) is 0 Å². The van der Waals surface area contributed by atoms with Crippen LogP contribution in [0.4, 0.5) is 5.82 Å². The highest BCUT2D eigenvalue weighted by Gasteiger charge is 2.22. The van der Waals surface area contributed by atoms with Gasteiger partial charge in [-0.1, -0.05) is 30.9 Å². The molecule has 37 heavy (non-hydrogen) atoms. The van der Waals surface area contributed by atoms with E-state index in [1.807, 2.05) is 56.5 Å². The Hall–Kier alpha value is -3.64. The molecule has 2 aromatic heterocycles. The summed E-state index contributed by atoms with van der Waals surface area (Å²) >= 11 is 0. The van der Waals surface area contributed by atoms with Gasteiger partial charge in [-0.25, -0.2) is 9.97 Å². The number of nitrogens with zero attached hydrogens (tertiary/aromatic N) is 4. The van der Waals surface area contributed by atoms with Gasteiger partial charge in [0, 0.05) is 74.5 Å². The van der Waals surface area contributed by atoms with Crippen molar-refractivity contribution >= 4 is 27.9 Å². The second kappa shape index (κ2) is 12.1. The van der Waals surface area contributed by atoms with E-state index in [1.54, 1.807) is 0 Å². The van der Waals surface area contributed by atoms with E-state index >= 15 is 0 Å². The normalized spacial score (nSPS) is 15.7. The SMILES string of the molecule is C=C/C(=C\N(C)C)c1ccc2cnc(N/C(=C/C)c3ccnc(OC4CCN(C(C)C)CC4)c3)cc2c1. The molecule has 0 saturated carbocycles. The van der Waals surface area contributed by atoms with Crippen LogP contribution < -0.4 is 10.1 Å². The molecule has 0 aliphatic carbocycles. The Morgan fingerprint density at radius 1 is 1.08 bits per heavy atom. The number of rotatable bonds is 9. The number of hydrogen-bond acceptors (Lipinski definition) is 6. The highest BCUT2D eigenvalue weighted by molar-refractivity contribution is 5.90. The Morgan fingerprint density at radius 3 is 2.54 bits per heavy atom. The molecule has 0 radical (unpaired) electrons. The van der Waals surface area contributed by atoms with Gasteiger partial charge in [0.2, 0.25) is 5.88 Å². The van der Waals surface area contributed by atoms with Crippen LogP contribution in [-0.2, 0) is 0 Å². The van der Waals surface area contributed by atoms with Crippen LogP contribution in [-0.4, -0.2) is 59.1 Å². The van der Waals surface area contributed by atoms with Gasteiger partial charge in [-0.2, -0.15) is 0 Å². The molecule has 0 amide bonds. The van der Waals surface area contributed by atoms with E-state index in [2.05, 4.69) is 77.2 Å². The van der Waals surface area contributed by atoms with Crippen LogP contribution in [0, 0.1) is 0 Å². The maximum Gasteiger partial charge on any atom is 0.214 e. The summed E-state index contributed by atoms with van der Waals surface area (Å²) in [6, 6.07) is 13.1. The molecule has 1 fully saturated rings. The van der Waals surface area contributed by atoms with Gasteiger partial charge in [0.15, 0.2) is 0 Å². The number of piperidine rings is 1. The molecule has 1 aliphatic heterocycles. The zero-order valence-electron chi connectivity index (χ0n) is 22.7. The molecular formula is C31H39N5O. The summed E-state index contributed by atoms with van der Waals surface area (Å²) in [7, 11) is 4.03. The topological polar surface area (TPSA) is 53.5 Å². The highest BCUT2D eigenvalue weighted by atomic mass is 16.5. The first kappa shape index (κ1) is 26.4. The maximum atomic E-state index is 6.27. The summed E-state index contributed by atoms with van der Waals surface area (Å²) in [6.45, 7) is 12.6. The first-order valence-corrected chi connectivity index (χ1v) is 13.1. The van der Waals surface area contributed by atoms with Gasteiger partial charge in [0.05, 0.1) is 0 Å². The lowest BCUT2D eigenvalue weighted by Crippen LogP contribution is -2.41. The minimum Gasteiger partial charge on any atom is -0.474 e. The zero-order chi connectivity index (χ0) is 26.4. The Morgan fingerprint density at radius 2 is 1.86 bits per heavy atom. The van der Waals surface area contributed by atoms with E-state index in [-0.39, 0.29) is 6.10 Å². The highest BCUT2D eigenvalue weighted by Crippen LogP contribution is 2.27. The number of anilines is 1. The number of pyridine rings is 2. The first-order chi connectivity index (χ1) is 17.9. The van der Waals surface area contributed by atoms with E-state index in [0.717, 1.165) is 64.9 Å². The smallest absolute Gasteiger partial charge is 0.214 e. The van der Waals surface area contributed by atoms with Crippen molar-refractivity contribution in [3.63, 3.8) is 0 Å². The quantitative estimate of drug-likeness (QED) is 0.343. The number of benzene rings is 1. The van der Waals surface area contributed by atoms with Crippen LogP contribution in [0.25, 0.3) is 22.0 Å². The second-order valence-electron chi connectivity index (χ2n) is 10.0. The van der Waals surface area contributed by atoms with Gasteiger partial charge in [-0.05, 0) is 68.3 Å². The van der Waals surface area contributed by atoms with Gasteiger partial charge < -0.3 is 19.9 Å². The van der Waals surface area contributed by atoms with Crippen molar-refractivity contribution in [2.75, 3.05) is 32.5 Å². The molecule has 0 spiro atoms. The lowest BCUT2D eigenvalue weighted by molar-refractivity contribution is 0.0812. The Kier molecular flexibility index (Phi) is 8.62. The van der Waals surface area contributed by atoms with E-state index < -0.39 is 0 Å². The summed E-state index contributed by atoms with van der Waals surface area (Å²) < 4.78 is 6.27. The second-order valence-corrected chi connectivity index (χ2v) is 10.0. The number of aromatic nitrogens is 2. The minimum absolute atomic E-state index is 0.207. The summed E-state index contributed by atoms with van der Waals surface area (Å²) in [5, 5.41) is 5.70. The number of likely N-dealkylation sites (tertiary alicyclic amines) is 1. The molecule has 3 aromatic rings. The van der Waals surface area contributed by atoms with E-state index in [4.69, 9.17) is 4.74 Å². The van der Waals surface area contributed by atoms with Crippen LogP contribution >= 0.6 is 0 Å². The Labute approximate surface area is 221 Å². The fraction of sp³-hybridized carbons (Fsp3) is 0.355. The van der Waals surface area contributed by atoms with E-state index in [9.17, 15) is 0 Å². The van der Waals surface area contributed by atoms with Crippen LogP contribution in [0.5, 0.6) is 5.88 Å². The fourth-order valence-corrected chi connectivity index (χ4v) is 4.68.